The normalized spacial score (nSPS) is 10.8. The second-order valence-electron chi connectivity index (χ2n) is 6.16. The Bertz CT molecular complexity index is 759. The molecule has 0 fully saturated rings. The second kappa shape index (κ2) is 7.98. The highest BCUT2D eigenvalue weighted by molar-refractivity contribution is 5.93. The highest BCUT2D eigenvalue weighted by Gasteiger charge is 2.17. The molecule has 0 bridgehead atoms. The van der Waals surface area contributed by atoms with Crippen LogP contribution in [0.1, 0.15) is 33.0 Å². The molecule has 0 radical (unpaired) electrons. The van der Waals surface area contributed by atoms with Crippen molar-refractivity contribution in [3.05, 3.63) is 52.5 Å². The van der Waals surface area contributed by atoms with Gasteiger partial charge in [-0.05, 0) is 45.0 Å². The Kier molecular flexibility index (Phi) is 5.98. The number of aryl methyl sites for hydroxylation is 3. The van der Waals surface area contributed by atoms with Crippen molar-refractivity contribution in [2.45, 2.75) is 27.3 Å². The fourth-order valence-corrected chi connectivity index (χ4v) is 2.69. The molecule has 0 spiro atoms. The maximum atomic E-state index is 12.3. The molecule has 6 heteroatoms. The van der Waals surface area contributed by atoms with Gasteiger partial charge < -0.3 is 14.5 Å². The first-order chi connectivity index (χ1) is 11.8. The van der Waals surface area contributed by atoms with E-state index < -0.39 is 5.97 Å². The van der Waals surface area contributed by atoms with E-state index in [1.54, 1.807) is 13.0 Å². The predicted octanol–water partition coefficient (Wildman–Crippen LogP) is 3.06. The van der Waals surface area contributed by atoms with Crippen molar-refractivity contribution < 1.29 is 18.7 Å². The van der Waals surface area contributed by atoms with Crippen LogP contribution >= 0.6 is 0 Å². The average Bonchev–Trinajstić information content (AvgIpc) is 2.90. The first kappa shape index (κ1) is 18.7. The number of nitrogens with one attached hydrogen (secondary N) is 1. The van der Waals surface area contributed by atoms with Crippen LogP contribution in [0.2, 0.25) is 0 Å². The molecule has 0 aliphatic rings. The van der Waals surface area contributed by atoms with Gasteiger partial charge in [0.25, 0.3) is 0 Å². The first-order valence-electron chi connectivity index (χ1n) is 8.04. The third kappa shape index (κ3) is 4.70. The van der Waals surface area contributed by atoms with E-state index in [1.165, 1.54) is 7.11 Å². The maximum Gasteiger partial charge on any atom is 0.341 e. The number of hydrogen-bond donors (Lipinski definition) is 1. The van der Waals surface area contributed by atoms with E-state index in [9.17, 15) is 9.59 Å². The van der Waals surface area contributed by atoms with Crippen LogP contribution in [0.3, 0.4) is 0 Å². The lowest BCUT2D eigenvalue weighted by Crippen LogP contribution is -2.30. The van der Waals surface area contributed by atoms with Crippen LogP contribution < -0.4 is 5.32 Å². The van der Waals surface area contributed by atoms with Gasteiger partial charge >= 0.3 is 5.97 Å². The van der Waals surface area contributed by atoms with Gasteiger partial charge in [0.2, 0.25) is 5.91 Å². The summed E-state index contributed by atoms with van der Waals surface area (Å²) in [6, 6.07) is 7.55. The van der Waals surface area contributed by atoms with Crippen LogP contribution in [0.15, 0.2) is 28.7 Å². The minimum atomic E-state index is -0.428. The summed E-state index contributed by atoms with van der Waals surface area (Å²) in [5.41, 5.74) is 3.31. The van der Waals surface area contributed by atoms with Gasteiger partial charge in [-0.25, -0.2) is 4.79 Å². The topological polar surface area (TPSA) is 71.8 Å². The van der Waals surface area contributed by atoms with Gasteiger partial charge in [0.15, 0.2) is 0 Å². The molecular formula is C19H24N2O4. The zero-order valence-electron chi connectivity index (χ0n) is 15.3. The summed E-state index contributed by atoms with van der Waals surface area (Å²) < 4.78 is 10.3. The Hall–Kier alpha value is -2.60. The smallest absolute Gasteiger partial charge is 0.341 e. The van der Waals surface area contributed by atoms with Crippen molar-refractivity contribution in [1.29, 1.82) is 0 Å². The summed E-state index contributed by atoms with van der Waals surface area (Å²) in [6.45, 7) is 6.26. The minimum Gasteiger partial charge on any atom is -0.465 e. The number of ether oxygens (including phenoxy) is 1. The van der Waals surface area contributed by atoms with E-state index >= 15 is 0 Å². The van der Waals surface area contributed by atoms with Crippen molar-refractivity contribution in [2.24, 2.45) is 0 Å². The quantitative estimate of drug-likeness (QED) is 0.816. The fraction of sp³-hybridized carbons (Fsp3) is 0.368. The number of hydrogen-bond acceptors (Lipinski definition) is 5. The molecule has 1 aromatic carbocycles. The van der Waals surface area contributed by atoms with Crippen LogP contribution in [0.4, 0.5) is 5.69 Å². The SMILES string of the molecule is COC(=O)c1cc(CN(C)CC(=O)Nc2c(C)cccc2C)oc1C. The molecule has 2 rings (SSSR count). The molecule has 2 aromatic rings. The second-order valence-corrected chi connectivity index (χ2v) is 6.16. The molecule has 0 unspecified atom stereocenters. The standard InChI is InChI=1S/C19H24N2O4/c1-12-7-6-8-13(2)18(12)20-17(22)11-21(4)10-15-9-16(14(3)25-15)19(23)24-5/h6-9H,10-11H2,1-5H3,(H,20,22). The molecule has 1 amide bonds. The van der Waals surface area contributed by atoms with Crippen molar-refractivity contribution >= 4 is 17.6 Å². The van der Waals surface area contributed by atoms with E-state index in [0.29, 0.717) is 23.6 Å². The summed E-state index contributed by atoms with van der Waals surface area (Å²) >= 11 is 0. The highest BCUT2D eigenvalue weighted by atomic mass is 16.5. The first-order valence-corrected chi connectivity index (χ1v) is 8.04. The van der Waals surface area contributed by atoms with Crippen LogP contribution in [-0.2, 0) is 16.1 Å². The molecule has 6 nitrogen and oxygen atoms in total. The minimum absolute atomic E-state index is 0.101. The van der Waals surface area contributed by atoms with Gasteiger partial charge in [-0.15, -0.1) is 0 Å². The Morgan fingerprint density at radius 1 is 1.20 bits per heavy atom. The van der Waals surface area contributed by atoms with Crippen molar-refractivity contribution in [3.63, 3.8) is 0 Å². The number of methoxy groups -OCH3 is 1. The summed E-state index contributed by atoms with van der Waals surface area (Å²) in [4.78, 5) is 25.7. The van der Waals surface area contributed by atoms with E-state index in [-0.39, 0.29) is 12.5 Å². The van der Waals surface area contributed by atoms with Gasteiger partial charge in [0.05, 0.1) is 20.2 Å². The summed E-state index contributed by atoms with van der Waals surface area (Å²) in [7, 11) is 3.15. The number of likely N-dealkylation sites (N-methyl/N-ethyl adjacent to an activating group) is 1. The van der Waals surface area contributed by atoms with Gasteiger partial charge in [-0.2, -0.15) is 0 Å². The Balaban J connectivity index is 1.97. The molecule has 1 N–H and O–H groups in total. The number of anilines is 1. The Morgan fingerprint density at radius 3 is 2.44 bits per heavy atom. The van der Waals surface area contributed by atoms with Crippen LogP contribution in [0.25, 0.3) is 0 Å². The average molecular weight is 344 g/mol. The largest absolute Gasteiger partial charge is 0.465 e. The van der Waals surface area contributed by atoms with Crippen molar-refractivity contribution in [1.82, 2.24) is 4.90 Å². The molecule has 25 heavy (non-hydrogen) atoms. The number of amides is 1. The van der Waals surface area contributed by atoms with Gasteiger partial charge in [-0.1, -0.05) is 18.2 Å². The lowest BCUT2D eigenvalue weighted by molar-refractivity contribution is -0.117. The maximum absolute atomic E-state index is 12.3. The molecule has 1 aromatic heterocycles. The molecule has 134 valence electrons. The van der Waals surface area contributed by atoms with Gasteiger partial charge in [-0.3, -0.25) is 9.69 Å². The molecule has 0 atom stereocenters. The number of rotatable bonds is 6. The summed E-state index contributed by atoms with van der Waals surface area (Å²) in [5, 5.41) is 2.95. The summed E-state index contributed by atoms with van der Waals surface area (Å²) in [5.74, 6) is 0.592. The molecule has 0 aliphatic carbocycles. The van der Waals surface area contributed by atoms with E-state index in [4.69, 9.17) is 9.15 Å². The third-order valence-corrected chi connectivity index (χ3v) is 3.96. The monoisotopic (exact) mass is 344 g/mol. The lowest BCUT2D eigenvalue weighted by Gasteiger charge is -2.16. The molecule has 0 saturated heterocycles. The number of furan rings is 1. The number of carbonyl (C=O) groups excluding carboxylic acids is 2. The van der Waals surface area contributed by atoms with Gasteiger partial charge in [0, 0.05) is 5.69 Å². The number of benzene rings is 1. The van der Waals surface area contributed by atoms with Crippen molar-refractivity contribution in [2.75, 3.05) is 26.0 Å². The molecular weight excluding hydrogens is 320 g/mol. The lowest BCUT2D eigenvalue weighted by atomic mass is 10.1. The number of para-hydroxylation sites is 1. The van der Waals surface area contributed by atoms with Crippen molar-refractivity contribution in [3.8, 4) is 0 Å². The van der Waals surface area contributed by atoms with Crippen LogP contribution in [-0.4, -0.2) is 37.5 Å². The van der Waals surface area contributed by atoms with Crippen LogP contribution in [0.5, 0.6) is 0 Å². The Morgan fingerprint density at radius 2 is 1.84 bits per heavy atom. The fourth-order valence-electron chi connectivity index (χ4n) is 2.69. The Labute approximate surface area is 147 Å². The highest BCUT2D eigenvalue weighted by Crippen LogP contribution is 2.20. The van der Waals surface area contributed by atoms with E-state index in [0.717, 1.165) is 16.8 Å². The zero-order chi connectivity index (χ0) is 18.6. The van der Waals surface area contributed by atoms with Gasteiger partial charge in [0.1, 0.15) is 17.1 Å². The molecule has 0 saturated carbocycles. The number of nitrogens with zero attached hydrogens (tertiary/aromatic N) is 1. The summed E-state index contributed by atoms with van der Waals surface area (Å²) in [6.07, 6.45) is 0. The van der Waals surface area contributed by atoms with E-state index in [1.807, 2.05) is 44.0 Å². The van der Waals surface area contributed by atoms with E-state index in [2.05, 4.69) is 5.32 Å². The number of esters is 1. The zero-order valence-corrected chi connectivity index (χ0v) is 15.3. The number of carbonyl (C=O) groups is 2. The third-order valence-electron chi connectivity index (χ3n) is 3.96. The predicted molar refractivity (Wildman–Crippen MR) is 95.7 cm³/mol. The van der Waals surface area contributed by atoms with Crippen LogP contribution in [0, 0.1) is 20.8 Å². The molecule has 1 heterocycles. The molecule has 0 aliphatic heterocycles.